The van der Waals surface area contributed by atoms with Gasteiger partial charge in [-0.2, -0.15) is 0 Å². The Balaban J connectivity index is 1.53. The number of aryl methyl sites for hydroxylation is 1. The van der Waals surface area contributed by atoms with Gasteiger partial charge in [0.1, 0.15) is 12.4 Å². The van der Waals surface area contributed by atoms with Crippen molar-refractivity contribution in [1.82, 2.24) is 5.32 Å². The number of benzene rings is 1. The number of hydrogen-bond donors (Lipinski definition) is 2. The number of nitrogens with one attached hydrogen (secondary N) is 2. The molecule has 0 aromatic heterocycles. The third kappa shape index (κ3) is 3.39. The predicted octanol–water partition coefficient (Wildman–Crippen LogP) is 2.26. The van der Waals surface area contributed by atoms with Gasteiger partial charge < -0.3 is 15.4 Å². The van der Waals surface area contributed by atoms with E-state index in [4.69, 9.17) is 4.74 Å². The van der Waals surface area contributed by atoms with Gasteiger partial charge >= 0.3 is 0 Å². The lowest BCUT2D eigenvalue weighted by Crippen LogP contribution is -2.21. The SMILES string of the molecule is C=C(CNC1CC1)COc1ccc2c(c1)NC(=O)CC2. The molecule has 3 rings (SSSR count). The van der Waals surface area contributed by atoms with Gasteiger partial charge in [-0.1, -0.05) is 12.6 Å². The Bertz CT molecular complexity index is 535. The first kappa shape index (κ1) is 13.2. The Hall–Kier alpha value is -1.81. The highest BCUT2D eigenvalue weighted by molar-refractivity contribution is 5.94. The molecular formula is C16H20N2O2. The summed E-state index contributed by atoms with van der Waals surface area (Å²) in [4.78, 5) is 11.4. The highest BCUT2D eigenvalue weighted by Crippen LogP contribution is 2.27. The Morgan fingerprint density at radius 2 is 2.25 bits per heavy atom. The van der Waals surface area contributed by atoms with E-state index in [0.29, 0.717) is 19.1 Å². The molecule has 0 radical (unpaired) electrons. The summed E-state index contributed by atoms with van der Waals surface area (Å²) in [5.41, 5.74) is 3.09. The summed E-state index contributed by atoms with van der Waals surface area (Å²) in [5.74, 6) is 0.853. The maximum absolute atomic E-state index is 11.4. The maximum atomic E-state index is 11.4. The van der Waals surface area contributed by atoms with Gasteiger partial charge in [-0.05, 0) is 36.5 Å². The van der Waals surface area contributed by atoms with E-state index in [0.717, 1.165) is 30.0 Å². The van der Waals surface area contributed by atoms with E-state index in [-0.39, 0.29) is 5.91 Å². The zero-order valence-electron chi connectivity index (χ0n) is 11.6. The van der Waals surface area contributed by atoms with Gasteiger partial charge in [0.25, 0.3) is 0 Å². The summed E-state index contributed by atoms with van der Waals surface area (Å²) in [6, 6.07) is 6.56. The van der Waals surface area contributed by atoms with Crippen LogP contribution in [-0.2, 0) is 11.2 Å². The van der Waals surface area contributed by atoms with Crippen molar-refractivity contribution in [2.75, 3.05) is 18.5 Å². The number of rotatable bonds is 6. The van der Waals surface area contributed by atoms with Crippen LogP contribution in [0.15, 0.2) is 30.4 Å². The van der Waals surface area contributed by atoms with Crippen LogP contribution < -0.4 is 15.4 Å². The van der Waals surface area contributed by atoms with Crippen LogP contribution in [0.5, 0.6) is 5.75 Å². The molecule has 20 heavy (non-hydrogen) atoms. The van der Waals surface area contributed by atoms with Crippen molar-refractivity contribution >= 4 is 11.6 Å². The Labute approximate surface area is 119 Å². The third-order valence-corrected chi connectivity index (χ3v) is 3.64. The van der Waals surface area contributed by atoms with E-state index in [1.54, 1.807) is 0 Å². The molecule has 0 atom stereocenters. The molecule has 2 N–H and O–H groups in total. The van der Waals surface area contributed by atoms with E-state index in [2.05, 4.69) is 17.2 Å². The summed E-state index contributed by atoms with van der Waals surface area (Å²) in [6.45, 7) is 5.33. The fourth-order valence-corrected chi connectivity index (χ4v) is 2.25. The number of hydrogen-bond acceptors (Lipinski definition) is 3. The zero-order valence-corrected chi connectivity index (χ0v) is 11.6. The molecule has 1 aromatic carbocycles. The standard InChI is InChI=1S/C16H20N2O2/c1-11(9-17-13-4-5-13)10-20-14-6-2-12-3-7-16(19)18-15(12)8-14/h2,6,8,13,17H,1,3-5,7,9-10H2,(H,18,19). The monoisotopic (exact) mass is 272 g/mol. The van der Waals surface area contributed by atoms with Gasteiger partial charge in [-0.15, -0.1) is 0 Å². The number of fused-ring (bicyclic) bond motifs is 1. The van der Waals surface area contributed by atoms with Crippen LogP contribution in [0.1, 0.15) is 24.8 Å². The number of carbonyl (C=O) groups is 1. The van der Waals surface area contributed by atoms with Crippen LogP contribution in [-0.4, -0.2) is 25.1 Å². The molecule has 1 heterocycles. The zero-order chi connectivity index (χ0) is 13.9. The van der Waals surface area contributed by atoms with E-state index in [9.17, 15) is 4.79 Å². The van der Waals surface area contributed by atoms with E-state index in [1.807, 2.05) is 18.2 Å². The van der Waals surface area contributed by atoms with Crippen LogP contribution in [0.2, 0.25) is 0 Å². The fourth-order valence-electron chi connectivity index (χ4n) is 2.25. The second-order valence-electron chi connectivity index (χ2n) is 5.56. The molecule has 2 aliphatic rings. The van der Waals surface area contributed by atoms with Gasteiger partial charge in [0.15, 0.2) is 0 Å². The molecule has 1 aliphatic heterocycles. The average molecular weight is 272 g/mol. The molecule has 106 valence electrons. The lowest BCUT2D eigenvalue weighted by atomic mass is 10.0. The Morgan fingerprint density at radius 1 is 1.40 bits per heavy atom. The first-order valence-corrected chi connectivity index (χ1v) is 7.16. The first-order valence-electron chi connectivity index (χ1n) is 7.16. The Kier molecular flexibility index (Phi) is 3.74. The largest absolute Gasteiger partial charge is 0.489 e. The molecule has 1 aliphatic carbocycles. The minimum atomic E-state index is 0.0766. The molecule has 4 heteroatoms. The smallest absolute Gasteiger partial charge is 0.224 e. The van der Waals surface area contributed by atoms with Crippen LogP contribution in [0.25, 0.3) is 0 Å². The molecule has 1 fully saturated rings. The lowest BCUT2D eigenvalue weighted by Gasteiger charge is -2.18. The number of ether oxygens (including phenoxy) is 1. The topological polar surface area (TPSA) is 50.4 Å². The van der Waals surface area contributed by atoms with Crippen molar-refractivity contribution in [3.63, 3.8) is 0 Å². The van der Waals surface area contributed by atoms with Gasteiger partial charge in [0, 0.05) is 30.8 Å². The molecule has 1 saturated carbocycles. The molecular weight excluding hydrogens is 252 g/mol. The van der Waals surface area contributed by atoms with Crippen molar-refractivity contribution in [3.05, 3.63) is 35.9 Å². The molecule has 4 nitrogen and oxygen atoms in total. The number of carbonyl (C=O) groups excluding carboxylic acids is 1. The third-order valence-electron chi connectivity index (χ3n) is 3.64. The van der Waals surface area contributed by atoms with Crippen molar-refractivity contribution in [2.45, 2.75) is 31.7 Å². The first-order chi connectivity index (χ1) is 9.70. The summed E-state index contributed by atoms with van der Waals surface area (Å²) in [5, 5.41) is 6.29. The molecule has 0 saturated heterocycles. The van der Waals surface area contributed by atoms with Crippen LogP contribution in [0.3, 0.4) is 0 Å². The van der Waals surface area contributed by atoms with Crippen molar-refractivity contribution < 1.29 is 9.53 Å². The molecule has 0 bridgehead atoms. The highest BCUT2D eigenvalue weighted by Gasteiger charge is 2.20. The minimum Gasteiger partial charge on any atom is -0.489 e. The molecule has 1 amide bonds. The summed E-state index contributed by atoms with van der Waals surface area (Å²) >= 11 is 0. The van der Waals surface area contributed by atoms with Gasteiger partial charge in [0.05, 0.1) is 0 Å². The highest BCUT2D eigenvalue weighted by atomic mass is 16.5. The van der Waals surface area contributed by atoms with E-state index >= 15 is 0 Å². The normalized spacial score (nSPS) is 17.3. The quantitative estimate of drug-likeness (QED) is 0.781. The van der Waals surface area contributed by atoms with Gasteiger partial charge in [-0.25, -0.2) is 0 Å². The second-order valence-corrected chi connectivity index (χ2v) is 5.56. The fraction of sp³-hybridized carbons (Fsp3) is 0.438. The summed E-state index contributed by atoms with van der Waals surface area (Å²) in [6.07, 6.45) is 3.92. The maximum Gasteiger partial charge on any atom is 0.224 e. The second kappa shape index (κ2) is 5.67. The van der Waals surface area contributed by atoms with Crippen molar-refractivity contribution in [1.29, 1.82) is 0 Å². The predicted molar refractivity (Wildman–Crippen MR) is 79.1 cm³/mol. The molecule has 0 unspecified atom stereocenters. The van der Waals surface area contributed by atoms with Crippen molar-refractivity contribution in [3.8, 4) is 5.75 Å². The molecule has 0 spiro atoms. The van der Waals surface area contributed by atoms with Crippen LogP contribution in [0, 0.1) is 0 Å². The number of amides is 1. The van der Waals surface area contributed by atoms with Gasteiger partial charge in [-0.3, -0.25) is 4.79 Å². The van der Waals surface area contributed by atoms with Crippen molar-refractivity contribution in [2.24, 2.45) is 0 Å². The molecule has 1 aromatic rings. The average Bonchev–Trinajstić information content (AvgIpc) is 3.26. The van der Waals surface area contributed by atoms with Crippen LogP contribution >= 0.6 is 0 Å². The summed E-state index contributed by atoms with van der Waals surface area (Å²) in [7, 11) is 0. The van der Waals surface area contributed by atoms with Crippen LogP contribution in [0.4, 0.5) is 5.69 Å². The van der Waals surface area contributed by atoms with Gasteiger partial charge in [0.2, 0.25) is 5.91 Å². The van der Waals surface area contributed by atoms with E-state index in [1.165, 1.54) is 18.4 Å². The Morgan fingerprint density at radius 3 is 3.05 bits per heavy atom. The summed E-state index contributed by atoms with van der Waals surface area (Å²) < 4.78 is 5.73. The minimum absolute atomic E-state index is 0.0766. The number of anilines is 1. The van der Waals surface area contributed by atoms with E-state index < -0.39 is 0 Å². The lowest BCUT2D eigenvalue weighted by molar-refractivity contribution is -0.116.